The van der Waals surface area contributed by atoms with Crippen molar-refractivity contribution in [2.24, 2.45) is 0 Å². The second-order valence-electron chi connectivity index (χ2n) is 2.55. The Kier molecular flexibility index (Phi) is 1.70. The Labute approximate surface area is 55.1 Å². The van der Waals surface area contributed by atoms with Crippen LogP contribution < -0.4 is 0 Å². The molecule has 1 heteroatoms. The third-order valence-electron chi connectivity index (χ3n) is 1.73. The van der Waals surface area contributed by atoms with Gasteiger partial charge in [-0.05, 0) is 18.4 Å². The topological polar surface area (TPSA) is 0 Å². The van der Waals surface area contributed by atoms with Crippen molar-refractivity contribution in [3.8, 4) is 0 Å². The molecular formula is C8H11F. The lowest BCUT2D eigenvalue weighted by Crippen LogP contribution is -2.09. The molecule has 0 nitrogen and oxygen atoms in total. The number of allylic oxidation sites excluding steroid dienone is 2. The molecule has 0 aromatic rings. The first-order chi connectivity index (χ1) is 4.20. The quantitative estimate of drug-likeness (QED) is 0.468. The van der Waals surface area contributed by atoms with Gasteiger partial charge in [-0.25, -0.2) is 4.39 Å². The molecule has 1 aliphatic rings. The summed E-state index contributed by atoms with van der Waals surface area (Å²) in [5.74, 6) is 0. The Morgan fingerprint density at radius 3 is 2.44 bits per heavy atom. The fourth-order valence-corrected chi connectivity index (χ4v) is 1.02. The standard InChI is InChI=1S/C8H11F/c1-6-3-4-8(9)5-7(6)2/h8H,1-5H2/t8-/m1/s1. The van der Waals surface area contributed by atoms with Crippen molar-refractivity contribution in [2.45, 2.75) is 25.4 Å². The van der Waals surface area contributed by atoms with E-state index in [0.717, 1.165) is 17.6 Å². The van der Waals surface area contributed by atoms with E-state index < -0.39 is 6.17 Å². The predicted octanol–water partition coefficient (Wildman–Crippen LogP) is 2.62. The molecule has 0 amide bonds. The van der Waals surface area contributed by atoms with E-state index in [9.17, 15) is 4.39 Å². The van der Waals surface area contributed by atoms with E-state index >= 15 is 0 Å². The van der Waals surface area contributed by atoms with Crippen LogP contribution in [0.4, 0.5) is 4.39 Å². The zero-order valence-electron chi connectivity index (χ0n) is 5.49. The summed E-state index contributed by atoms with van der Waals surface area (Å²) in [5.41, 5.74) is 1.93. The van der Waals surface area contributed by atoms with Crippen LogP contribution >= 0.6 is 0 Å². The van der Waals surface area contributed by atoms with E-state index in [1.165, 1.54) is 0 Å². The molecule has 1 rings (SSSR count). The van der Waals surface area contributed by atoms with Gasteiger partial charge in [0.05, 0.1) is 0 Å². The summed E-state index contributed by atoms with van der Waals surface area (Å²) in [6.45, 7) is 7.47. The van der Waals surface area contributed by atoms with Gasteiger partial charge in [0, 0.05) is 6.42 Å². The van der Waals surface area contributed by atoms with Gasteiger partial charge in [-0.1, -0.05) is 18.7 Å². The molecule has 0 unspecified atom stereocenters. The third-order valence-corrected chi connectivity index (χ3v) is 1.73. The number of alkyl halides is 1. The minimum atomic E-state index is -0.664. The van der Waals surface area contributed by atoms with E-state index in [1.807, 2.05) is 0 Å². The molecule has 0 aromatic carbocycles. The maximum absolute atomic E-state index is 12.5. The normalized spacial score (nSPS) is 28.8. The van der Waals surface area contributed by atoms with Gasteiger partial charge in [-0.2, -0.15) is 0 Å². The Hall–Kier alpha value is -0.590. The zero-order valence-corrected chi connectivity index (χ0v) is 5.49. The molecule has 0 radical (unpaired) electrons. The summed E-state index contributed by atoms with van der Waals surface area (Å²) in [4.78, 5) is 0. The Bertz CT molecular complexity index is 147. The highest BCUT2D eigenvalue weighted by Gasteiger charge is 2.16. The van der Waals surface area contributed by atoms with Gasteiger partial charge >= 0.3 is 0 Å². The summed E-state index contributed by atoms with van der Waals surface area (Å²) in [6, 6.07) is 0. The first kappa shape index (κ1) is 6.53. The van der Waals surface area contributed by atoms with Crippen molar-refractivity contribution < 1.29 is 4.39 Å². The number of hydrogen-bond acceptors (Lipinski definition) is 0. The zero-order chi connectivity index (χ0) is 6.85. The van der Waals surface area contributed by atoms with Gasteiger partial charge in [0.15, 0.2) is 0 Å². The predicted molar refractivity (Wildman–Crippen MR) is 37.0 cm³/mol. The van der Waals surface area contributed by atoms with Crippen molar-refractivity contribution in [2.75, 3.05) is 0 Å². The molecule has 9 heavy (non-hydrogen) atoms. The largest absolute Gasteiger partial charge is 0.247 e. The SMILES string of the molecule is C=C1CC[C@@H](F)CC1=C. The van der Waals surface area contributed by atoms with E-state index in [0.29, 0.717) is 12.8 Å². The molecular weight excluding hydrogens is 115 g/mol. The highest BCUT2D eigenvalue weighted by molar-refractivity contribution is 5.28. The van der Waals surface area contributed by atoms with E-state index in [1.54, 1.807) is 0 Å². The van der Waals surface area contributed by atoms with Crippen LogP contribution in [0.1, 0.15) is 19.3 Å². The molecule has 0 spiro atoms. The van der Waals surface area contributed by atoms with Gasteiger partial charge in [0.2, 0.25) is 0 Å². The maximum atomic E-state index is 12.5. The van der Waals surface area contributed by atoms with Crippen LogP contribution in [0, 0.1) is 0 Å². The summed E-state index contributed by atoms with van der Waals surface area (Å²) in [6.07, 6.45) is 1.26. The molecule has 1 saturated carbocycles. The fraction of sp³-hybridized carbons (Fsp3) is 0.500. The van der Waals surface area contributed by atoms with E-state index in [4.69, 9.17) is 0 Å². The van der Waals surface area contributed by atoms with Crippen molar-refractivity contribution in [3.05, 3.63) is 24.3 Å². The molecule has 50 valence electrons. The lowest BCUT2D eigenvalue weighted by molar-refractivity contribution is 0.301. The van der Waals surface area contributed by atoms with Crippen molar-refractivity contribution in [1.29, 1.82) is 0 Å². The molecule has 0 heterocycles. The summed E-state index contributed by atoms with van der Waals surface area (Å²) < 4.78 is 12.5. The Balaban J connectivity index is 2.54. The average molecular weight is 126 g/mol. The van der Waals surface area contributed by atoms with Crippen molar-refractivity contribution in [3.63, 3.8) is 0 Å². The smallest absolute Gasteiger partial charge is 0.104 e. The maximum Gasteiger partial charge on any atom is 0.104 e. The molecule has 0 N–H and O–H groups in total. The minimum absolute atomic E-state index is 0.499. The van der Waals surface area contributed by atoms with Crippen LogP contribution in [-0.2, 0) is 0 Å². The second kappa shape index (κ2) is 2.34. The van der Waals surface area contributed by atoms with E-state index in [2.05, 4.69) is 13.2 Å². The lowest BCUT2D eigenvalue weighted by Gasteiger charge is -2.18. The average Bonchev–Trinajstić information content (AvgIpc) is 1.80. The van der Waals surface area contributed by atoms with Crippen LogP contribution in [-0.4, -0.2) is 6.17 Å². The molecule has 0 saturated heterocycles. The monoisotopic (exact) mass is 126 g/mol. The van der Waals surface area contributed by atoms with Gasteiger partial charge in [-0.15, -0.1) is 0 Å². The highest BCUT2D eigenvalue weighted by atomic mass is 19.1. The molecule has 0 aromatic heterocycles. The number of halogens is 1. The van der Waals surface area contributed by atoms with Crippen LogP contribution in [0.25, 0.3) is 0 Å². The van der Waals surface area contributed by atoms with Crippen LogP contribution in [0.15, 0.2) is 24.3 Å². The van der Waals surface area contributed by atoms with Gasteiger partial charge < -0.3 is 0 Å². The molecule has 1 aliphatic carbocycles. The Morgan fingerprint density at radius 2 is 2.00 bits per heavy atom. The van der Waals surface area contributed by atoms with E-state index in [-0.39, 0.29) is 0 Å². The molecule has 1 fully saturated rings. The first-order valence-corrected chi connectivity index (χ1v) is 3.20. The van der Waals surface area contributed by atoms with Gasteiger partial charge in [-0.3, -0.25) is 0 Å². The minimum Gasteiger partial charge on any atom is -0.247 e. The van der Waals surface area contributed by atoms with Crippen LogP contribution in [0.5, 0.6) is 0 Å². The first-order valence-electron chi connectivity index (χ1n) is 3.20. The summed E-state index contributed by atoms with van der Waals surface area (Å²) in [7, 11) is 0. The number of rotatable bonds is 0. The van der Waals surface area contributed by atoms with Crippen molar-refractivity contribution in [1.82, 2.24) is 0 Å². The van der Waals surface area contributed by atoms with Crippen LogP contribution in [0.2, 0.25) is 0 Å². The summed E-state index contributed by atoms with van der Waals surface area (Å²) in [5, 5.41) is 0. The molecule has 0 bridgehead atoms. The van der Waals surface area contributed by atoms with Gasteiger partial charge in [0.1, 0.15) is 6.17 Å². The molecule has 0 aliphatic heterocycles. The third kappa shape index (κ3) is 1.41. The van der Waals surface area contributed by atoms with Crippen molar-refractivity contribution >= 4 is 0 Å². The van der Waals surface area contributed by atoms with Gasteiger partial charge in [0.25, 0.3) is 0 Å². The van der Waals surface area contributed by atoms with Crippen LogP contribution in [0.3, 0.4) is 0 Å². The highest BCUT2D eigenvalue weighted by Crippen LogP contribution is 2.27. The second-order valence-corrected chi connectivity index (χ2v) is 2.55. The summed E-state index contributed by atoms with van der Waals surface area (Å²) >= 11 is 0. The number of hydrogen-bond donors (Lipinski definition) is 0. The molecule has 1 atom stereocenters. The lowest BCUT2D eigenvalue weighted by atomic mass is 9.91. The Morgan fingerprint density at radius 1 is 1.33 bits per heavy atom. The fourth-order valence-electron chi connectivity index (χ4n) is 1.02.